The van der Waals surface area contributed by atoms with E-state index >= 15 is 0 Å². The zero-order valence-corrected chi connectivity index (χ0v) is 31.4. The number of nitriles is 2. The summed E-state index contributed by atoms with van der Waals surface area (Å²) >= 11 is 0. The lowest BCUT2D eigenvalue weighted by molar-refractivity contribution is 0.0426. The highest BCUT2D eigenvalue weighted by molar-refractivity contribution is 6.09. The third kappa shape index (κ3) is 13.0. The van der Waals surface area contributed by atoms with Crippen LogP contribution in [0.5, 0.6) is 0 Å². The second-order valence-corrected chi connectivity index (χ2v) is 14.4. The quantitative estimate of drug-likeness (QED) is 0.282. The SMILES string of the molecule is CCC(C)c1nc(N(C(=O)O)C(=O)OC(C)(C)C)ccc1C#N.CC[C@@H](C)c1nc(N(C(=O)OC(C)(C)C)C(=O)OC(C)(C)C)ccc1C#N. The van der Waals surface area contributed by atoms with Crippen LogP contribution in [0.15, 0.2) is 24.3 Å². The van der Waals surface area contributed by atoms with Crippen LogP contribution in [0.3, 0.4) is 0 Å². The molecular weight excluding hydrogens is 644 g/mol. The van der Waals surface area contributed by atoms with Crippen LogP contribution in [0.1, 0.15) is 137 Å². The van der Waals surface area contributed by atoms with Gasteiger partial charge < -0.3 is 19.3 Å². The van der Waals surface area contributed by atoms with Crippen LogP contribution in [0.25, 0.3) is 0 Å². The Kier molecular flexibility index (Phi) is 14.9. The van der Waals surface area contributed by atoms with Crippen molar-refractivity contribution in [3.63, 3.8) is 0 Å². The van der Waals surface area contributed by atoms with Gasteiger partial charge in [0.25, 0.3) is 0 Å². The largest absolute Gasteiger partial charge is 0.464 e. The van der Waals surface area contributed by atoms with E-state index in [1.165, 1.54) is 18.2 Å². The molecule has 0 aromatic carbocycles. The predicted molar refractivity (Wildman–Crippen MR) is 187 cm³/mol. The molecule has 14 heteroatoms. The lowest BCUT2D eigenvalue weighted by Gasteiger charge is -2.28. The van der Waals surface area contributed by atoms with Crippen LogP contribution < -0.4 is 9.80 Å². The Morgan fingerprint density at radius 2 is 0.960 bits per heavy atom. The maximum Gasteiger partial charge on any atom is 0.425 e. The summed E-state index contributed by atoms with van der Waals surface area (Å²) in [6.45, 7) is 22.9. The van der Waals surface area contributed by atoms with Gasteiger partial charge >= 0.3 is 24.4 Å². The summed E-state index contributed by atoms with van der Waals surface area (Å²) in [5.41, 5.74) is -0.694. The van der Waals surface area contributed by atoms with E-state index in [9.17, 15) is 29.5 Å². The summed E-state index contributed by atoms with van der Waals surface area (Å²) < 4.78 is 15.8. The standard InChI is InChI=1S/C20H29N3O4.C16H21N3O4/c1-9-13(2)16-14(12-21)10-11-15(22-16)23(17(24)26-19(3,4)5)18(25)27-20(6,7)8;1-6-10(2)13-11(9-17)7-8-12(18-13)19(14(20)21)15(22)23-16(3,4)5/h10-11,13H,9H2,1-8H3;7-8,10H,6H2,1-5H3,(H,20,21)/t13-;/m1./s1. The molecule has 0 aliphatic rings. The Morgan fingerprint density at radius 3 is 1.22 bits per heavy atom. The first-order valence-corrected chi connectivity index (χ1v) is 16.2. The molecule has 0 saturated carbocycles. The molecule has 2 aromatic rings. The highest BCUT2D eigenvalue weighted by Crippen LogP contribution is 2.27. The Hall–Kier alpha value is -5.24. The van der Waals surface area contributed by atoms with Crippen LogP contribution in [0.4, 0.5) is 30.8 Å². The van der Waals surface area contributed by atoms with E-state index in [2.05, 4.69) is 16.0 Å². The predicted octanol–water partition coefficient (Wildman–Crippen LogP) is 9.03. The average molecular weight is 695 g/mol. The summed E-state index contributed by atoms with van der Waals surface area (Å²) in [7, 11) is 0. The van der Waals surface area contributed by atoms with Gasteiger partial charge in [-0.3, -0.25) is 0 Å². The van der Waals surface area contributed by atoms with Crippen LogP contribution in [0, 0.1) is 22.7 Å². The first kappa shape index (κ1) is 42.8. The van der Waals surface area contributed by atoms with Gasteiger partial charge in [-0.1, -0.05) is 27.7 Å². The second-order valence-electron chi connectivity index (χ2n) is 14.4. The number of hydrogen-bond acceptors (Lipinski definition) is 11. The van der Waals surface area contributed by atoms with Gasteiger partial charge in [-0.2, -0.15) is 20.3 Å². The van der Waals surface area contributed by atoms with Crippen molar-refractivity contribution in [1.29, 1.82) is 10.5 Å². The van der Waals surface area contributed by atoms with Gasteiger partial charge in [0.15, 0.2) is 0 Å². The number of ether oxygens (including phenoxy) is 3. The molecule has 14 nitrogen and oxygen atoms in total. The number of rotatable bonds is 6. The molecule has 50 heavy (non-hydrogen) atoms. The van der Waals surface area contributed by atoms with E-state index < -0.39 is 41.2 Å². The van der Waals surface area contributed by atoms with E-state index in [0.29, 0.717) is 27.4 Å². The zero-order valence-electron chi connectivity index (χ0n) is 31.4. The van der Waals surface area contributed by atoms with Crippen LogP contribution in [-0.2, 0) is 14.2 Å². The molecule has 2 aromatic heterocycles. The molecule has 4 amide bonds. The van der Waals surface area contributed by atoms with Crippen molar-refractivity contribution in [2.24, 2.45) is 0 Å². The molecule has 2 rings (SSSR count). The summed E-state index contributed by atoms with van der Waals surface area (Å²) in [6.07, 6.45) is -2.81. The van der Waals surface area contributed by atoms with Gasteiger partial charge in [0.2, 0.25) is 0 Å². The Balaban J connectivity index is 0.000000506. The number of nitrogens with zero attached hydrogens (tertiary/aromatic N) is 6. The smallest absolute Gasteiger partial charge is 0.425 e. The molecule has 0 bridgehead atoms. The molecule has 2 atom stereocenters. The Bertz CT molecular complexity index is 1600. The first-order valence-electron chi connectivity index (χ1n) is 16.2. The normalized spacial score (nSPS) is 12.5. The number of carboxylic acid groups (broad SMARTS) is 1. The monoisotopic (exact) mass is 694 g/mol. The van der Waals surface area contributed by atoms with Gasteiger partial charge in [0, 0.05) is 0 Å². The van der Waals surface area contributed by atoms with Crippen LogP contribution in [0.2, 0.25) is 0 Å². The third-order valence-electron chi connectivity index (χ3n) is 6.60. The van der Waals surface area contributed by atoms with Crippen molar-refractivity contribution in [1.82, 2.24) is 9.97 Å². The number of hydrogen-bond donors (Lipinski definition) is 1. The molecule has 0 saturated heterocycles. The number of amides is 4. The van der Waals surface area contributed by atoms with Crippen molar-refractivity contribution in [2.45, 2.75) is 131 Å². The molecule has 0 radical (unpaired) electrons. The van der Waals surface area contributed by atoms with E-state index in [-0.39, 0.29) is 23.5 Å². The van der Waals surface area contributed by atoms with Crippen molar-refractivity contribution in [3.05, 3.63) is 46.8 Å². The number of aromatic nitrogens is 2. The van der Waals surface area contributed by atoms with Gasteiger partial charge in [-0.15, -0.1) is 0 Å². The van der Waals surface area contributed by atoms with Gasteiger partial charge in [-0.25, -0.2) is 29.1 Å². The number of carbonyl (C=O) groups is 4. The summed E-state index contributed by atoms with van der Waals surface area (Å²) in [5.74, 6) is -0.0774. The zero-order chi connectivity index (χ0) is 38.8. The fourth-order valence-corrected chi connectivity index (χ4v) is 3.96. The summed E-state index contributed by atoms with van der Waals surface area (Å²) in [5, 5.41) is 27.8. The fourth-order valence-electron chi connectivity index (χ4n) is 3.96. The molecule has 1 N–H and O–H groups in total. The number of carbonyl (C=O) groups excluding carboxylic acids is 3. The Morgan fingerprint density at radius 1 is 0.660 bits per heavy atom. The first-order chi connectivity index (χ1) is 22.9. The fraction of sp³-hybridized carbons (Fsp3) is 0.556. The van der Waals surface area contributed by atoms with Crippen molar-refractivity contribution >= 4 is 36.0 Å². The third-order valence-corrected chi connectivity index (χ3v) is 6.60. The summed E-state index contributed by atoms with van der Waals surface area (Å²) in [4.78, 5) is 58.8. The molecule has 272 valence electrons. The maximum absolute atomic E-state index is 12.7. The van der Waals surface area contributed by atoms with Gasteiger partial charge in [0.1, 0.15) is 40.6 Å². The Labute approximate surface area is 295 Å². The van der Waals surface area contributed by atoms with Crippen molar-refractivity contribution in [3.8, 4) is 12.1 Å². The van der Waals surface area contributed by atoms with E-state index in [1.807, 2.05) is 33.8 Å². The number of pyridine rings is 2. The number of anilines is 2. The minimum atomic E-state index is -1.49. The van der Waals surface area contributed by atoms with Crippen molar-refractivity contribution < 1.29 is 38.5 Å². The highest BCUT2D eigenvalue weighted by Gasteiger charge is 2.34. The molecular formula is C36H50N6O8. The lowest BCUT2D eigenvalue weighted by atomic mass is 10.00. The molecule has 0 fully saturated rings. The molecule has 0 aliphatic carbocycles. The minimum Gasteiger partial charge on any atom is -0.464 e. The lowest BCUT2D eigenvalue weighted by Crippen LogP contribution is -2.44. The molecule has 2 heterocycles. The maximum atomic E-state index is 12.7. The topological polar surface area (TPSA) is 196 Å². The number of imide groups is 2. The van der Waals surface area contributed by atoms with E-state index in [1.54, 1.807) is 68.4 Å². The van der Waals surface area contributed by atoms with E-state index in [0.717, 1.165) is 17.7 Å². The minimum absolute atomic E-state index is 0.0151. The van der Waals surface area contributed by atoms with Gasteiger partial charge in [0.05, 0.1) is 22.5 Å². The summed E-state index contributed by atoms with van der Waals surface area (Å²) in [6, 6.07) is 9.90. The highest BCUT2D eigenvalue weighted by atomic mass is 16.6. The van der Waals surface area contributed by atoms with E-state index in [4.69, 9.17) is 19.5 Å². The van der Waals surface area contributed by atoms with Crippen LogP contribution >= 0.6 is 0 Å². The molecule has 1 unspecified atom stereocenters. The molecule has 0 spiro atoms. The second kappa shape index (κ2) is 17.4. The molecule has 0 aliphatic heterocycles. The van der Waals surface area contributed by atoms with Gasteiger partial charge in [-0.05, 0) is 111 Å². The van der Waals surface area contributed by atoms with Crippen LogP contribution in [-0.4, -0.2) is 56.3 Å². The average Bonchev–Trinajstić information content (AvgIpc) is 2.97. The van der Waals surface area contributed by atoms with Crippen molar-refractivity contribution in [2.75, 3.05) is 9.80 Å².